The van der Waals surface area contributed by atoms with Crippen LogP contribution >= 0.6 is 21.6 Å². The van der Waals surface area contributed by atoms with Gasteiger partial charge in [0.1, 0.15) is 19.3 Å². The molecule has 3 aliphatic heterocycles. The molecule has 5 amide bonds. The second-order valence-electron chi connectivity index (χ2n) is 19.5. The number of hydrogen-bond acceptors (Lipinski definition) is 13. The molecule has 3 aliphatic rings. The van der Waals surface area contributed by atoms with E-state index in [1.165, 1.54) is 14.2 Å². The lowest BCUT2D eigenvalue weighted by Gasteiger charge is -2.25. The molecule has 5 aromatic rings. The fourth-order valence-electron chi connectivity index (χ4n) is 9.24. The van der Waals surface area contributed by atoms with Crippen molar-refractivity contribution in [1.82, 2.24) is 5.32 Å². The third-order valence-corrected chi connectivity index (χ3v) is 17.1. The Hall–Kier alpha value is -7.18. The average Bonchev–Trinajstić information content (AvgIpc) is 3.89. The third kappa shape index (κ3) is 12.2. The van der Waals surface area contributed by atoms with Crippen LogP contribution < -0.4 is 50.8 Å². The van der Waals surface area contributed by atoms with Crippen molar-refractivity contribution >= 4 is 85.8 Å². The van der Waals surface area contributed by atoms with Gasteiger partial charge in [0.15, 0.2) is 23.0 Å². The van der Waals surface area contributed by atoms with Crippen LogP contribution in [0.2, 0.25) is 0 Å². The van der Waals surface area contributed by atoms with E-state index in [4.69, 9.17) is 35.4 Å². The molecule has 0 spiro atoms. The van der Waals surface area contributed by atoms with Gasteiger partial charge in [-0.05, 0) is 112 Å². The number of anilines is 4. The number of carbonyl (C=O) groups excluding carboxylic acids is 5. The number of para-hydroxylation sites is 2. The van der Waals surface area contributed by atoms with Gasteiger partial charge >= 0.3 is 0 Å². The number of primary amides is 1. The summed E-state index contributed by atoms with van der Waals surface area (Å²) in [6, 6.07) is 26.4. The zero-order valence-corrected chi connectivity index (χ0v) is 44.3. The number of rotatable bonds is 21. The molecule has 8 rings (SSSR count). The molecule has 0 fully saturated rings. The Morgan fingerprint density at radius 3 is 2.14 bits per heavy atom. The molecule has 388 valence electrons. The van der Waals surface area contributed by atoms with Gasteiger partial charge in [-0.3, -0.25) is 33.9 Å². The number of amides is 5. The lowest BCUT2D eigenvalue weighted by molar-refractivity contribution is -0.126. The lowest BCUT2D eigenvalue weighted by atomic mass is 10.1. The van der Waals surface area contributed by atoms with Crippen molar-refractivity contribution in [2.75, 3.05) is 35.1 Å². The fraction of sp³-hybridized carbons (Fsp3) is 0.357. The number of nitrogens with two attached hydrogens (primary N) is 2. The van der Waals surface area contributed by atoms with Crippen LogP contribution in [0.25, 0.3) is 0 Å². The minimum Gasteiger partial charge on any atom is -0.493 e. The first-order valence-electron chi connectivity index (χ1n) is 24.6. The van der Waals surface area contributed by atoms with Crippen molar-refractivity contribution in [3.05, 3.63) is 124 Å². The van der Waals surface area contributed by atoms with Gasteiger partial charge < -0.3 is 45.9 Å². The summed E-state index contributed by atoms with van der Waals surface area (Å²) in [5.41, 5.74) is 18.8. The first-order valence-corrected chi connectivity index (χ1v) is 26.8. The summed E-state index contributed by atoms with van der Waals surface area (Å²) in [4.78, 5) is 74.6. The molecule has 0 bridgehead atoms. The highest BCUT2D eigenvalue weighted by Crippen LogP contribution is 2.44. The maximum Gasteiger partial charge on any atom is 0.261 e. The van der Waals surface area contributed by atoms with Gasteiger partial charge in [-0.25, -0.2) is 0 Å². The van der Waals surface area contributed by atoms with Gasteiger partial charge in [0, 0.05) is 76.4 Å². The average molecular weight is 1040 g/mol. The number of nitrogens with zero attached hydrogens (tertiary/aromatic N) is 3. The van der Waals surface area contributed by atoms with E-state index in [1.807, 2.05) is 68.4 Å². The molecule has 6 N–H and O–H groups in total. The van der Waals surface area contributed by atoms with E-state index >= 15 is 0 Å². The fourth-order valence-corrected chi connectivity index (χ4v) is 11.9. The van der Waals surface area contributed by atoms with Gasteiger partial charge in [-0.1, -0.05) is 64.9 Å². The Balaban J connectivity index is 0.995. The van der Waals surface area contributed by atoms with Crippen molar-refractivity contribution in [3.63, 3.8) is 0 Å². The smallest absolute Gasteiger partial charge is 0.261 e. The molecular formula is C56H63N7O9S2. The molecule has 0 aliphatic carbocycles. The zero-order valence-electron chi connectivity index (χ0n) is 42.7. The number of methoxy groups -OCH3 is 2. The Kier molecular flexibility index (Phi) is 16.5. The predicted molar refractivity (Wildman–Crippen MR) is 293 cm³/mol. The summed E-state index contributed by atoms with van der Waals surface area (Å²) in [5.74, 6) is -0.195. The number of nitrogen functional groups attached to an aromatic ring is 1. The van der Waals surface area contributed by atoms with Crippen LogP contribution in [0.15, 0.2) is 96.0 Å². The Morgan fingerprint density at radius 1 is 0.824 bits per heavy atom. The van der Waals surface area contributed by atoms with Crippen LogP contribution in [-0.4, -0.2) is 78.1 Å². The summed E-state index contributed by atoms with van der Waals surface area (Å²) >= 11 is 0. The molecule has 74 heavy (non-hydrogen) atoms. The van der Waals surface area contributed by atoms with Crippen molar-refractivity contribution in [2.45, 2.75) is 114 Å². The Bertz CT molecular complexity index is 3000. The van der Waals surface area contributed by atoms with Crippen molar-refractivity contribution in [3.8, 4) is 23.0 Å². The number of hydrogen-bond donors (Lipinski definition) is 4. The van der Waals surface area contributed by atoms with Gasteiger partial charge in [0.05, 0.1) is 37.1 Å². The molecule has 0 aromatic heterocycles. The van der Waals surface area contributed by atoms with E-state index < -0.39 is 11.9 Å². The van der Waals surface area contributed by atoms with Crippen molar-refractivity contribution in [2.24, 2.45) is 10.7 Å². The highest BCUT2D eigenvalue weighted by molar-refractivity contribution is 8.77. The number of fused-ring (bicyclic) bond motifs is 5. The quantitative estimate of drug-likeness (QED) is 0.0399. The van der Waals surface area contributed by atoms with E-state index in [9.17, 15) is 24.0 Å². The number of nitrogens with one attached hydrogen (secondary N) is 2. The molecule has 0 saturated carbocycles. The maximum absolute atomic E-state index is 14.1. The minimum atomic E-state index is -0.886. The highest BCUT2D eigenvalue weighted by atomic mass is 33.1. The highest BCUT2D eigenvalue weighted by Gasteiger charge is 2.37. The van der Waals surface area contributed by atoms with E-state index in [0.29, 0.717) is 76.7 Å². The number of aliphatic imine (C=N–C) groups is 1. The molecule has 1 unspecified atom stereocenters. The van der Waals surface area contributed by atoms with Crippen LogP contribution in [0.3, 0.4) is 0 Å². The summed E-state index contributed by atoms with van der Waals surface area (Å²) in [6.07, 6.45) is 4.94. The maximum atomic E-state index is 14.1. The van der Waals surface area contributed by atoms with E-state index in [-0.39, 0.29) is 76.6 Å². The van der Waals surface area contributed by atoms with Gasteiger partial charge in [-0.15, -0.1) is 0 Å². The van der Waals surface area contributed by atoms with Crippen LogP contribution in [0.1, 0.15) is 103 Å². The zero-order chi connectivity index (χ0) is 52.8. The second-order valence-corrected chi connectivity index (χ2v) is 22.8. The first kappa shape index (κ1) is 53.1. The van der Waals surface area contributed by atoms with Crippen molar-refractivity contribution in [1.29, 1.82) is 0 Å². The standard InChI is InChI=1S/C56H63N7O9S2/c1-32-20-37-12-8-10-14-45(37)62(32)54(67)41-25-47(69-6)49(27-43(41)57)71-30-35-21-36(23-39(22-35)61-53(66)34(3)60-52(65)18-19-56(4,5)74-73-33(2)16-17-51(58)64)31-72-50-28-44-42(26-48(50)70-7)55(68)63-40(29-59-44)24-38-13-9-11-15-46(38)63/h8-15,21-23,25-29,32-34,40H,16-20,24,30-31,57H2,1-7H3,(H2,58,64)(H,60,65)(H,61,66)/t32-,33?,34+,40+/m1/s1. The third-order valence-electron chi connectivity index (χ3n) is 13.2. The van der Waals surface area contributed by atoms with Gasteiger partial charge in [0.2, 0.25) is 17.7 Å². The van der Waals surface area contributed by atoms with Gasteiger partial charge in [0.25, 0.3) is 11.8 Å². The molecule has 4 atom stereocenters. The molecule has 16 nitrogen and oxygen atoms in total. The largest absolute Gasteiger partial charge is 0.493 e. The van der Waals surface area contributed by atoms with Crippen LogP contribution in [0.5, 0.6) is 23.0 Å². The number of ether oxygens (including phenoxy) is 4. The second kappa shape index (κ2) is 22.9. The molecule has 0 saturated heterocycles. The Morgan fingerprint density at radius 2 is 1.46 bits per heavy atom. The monoisotopic (exact) mass is 1040 g/mol. The van der Waals surface area contributed by atoms with Gasteiger partial charge in [-0.2, -0.15) is 0 Å². The summed E-state index contributed by atoms with van der Waals surface area (Å²) in [5, 5.41) is 6.01. The summed E-state index contributed by atoms with van der Waals surface area (Å²) in [7, 11) is 6.32. The van der Waals surface area contributed by atoms with Crippen molar-refractivity contribution < 1.29 is 42.9 Å². The normalized spacial score (nSPS) is 16.2. The minimum absolute atomic E-state index is 0.000926. The van der Waals surface area contributed by atoms with E-state index in [2.05, 4.69) is 24.5 Å². The molecule has 0 radical (unpaired) electrons. The van der Waals surface area contributed by atoms with Crippen LogP contribution in [0, 0.1) is 0 Å². The molecule has 5 aromatic carbocycles. The lowest BCUT2D eigenvalue weighted by Crippen LogP contribution is -2.42. The van der Waals surface area contributed by atoms with E-state index in [0.717, 1.165) is 28.9 Å². The molecule has 18 heteroatoms. The molecular weight excluding hydrogens is 979 g/mol. The predicted octanol–water partition coefficient (Wildman–Crippen LogP) is 9.36. The first-order chi connectivity index (χ1) is 35.4. The SMILES string of the molecule is COc1cc(C(=O)N2c3ccccc3C[C@H]2C)c(N)cc1OCc1cc(COc2cc3c(cc2OC)C(=O)N2c4ccccc4C[C@H]2C=N3)cc(NC(=O)[C@H](C)NC(=O)CCC(C)(C)SSC(C)CCC(N)=O)c1. The topological polar surface area (TPSA) is 217 Å². The molecule has 3 heterocycles. The summed E-state index contributed by atoms with van der Waals surface area (Å²) < 4.78 is 24.0. The van der Waals surface area contributed by atoms with Crippen LogP contribution in [-0.2, 0) is 40.4 Å². The number of benzene rings is 5. The van der Waals surface area contributed by atoms with Crippen LogP contribution in [0.4, 0.5) is 28.4 Å². The summed E-state index contributed by atoms with van der Waals surface area (Å²) in [6.45, 7) is 9.77. The van der Waals surface area contributed by atoms with E-state index in [1.54, 1.807) is 80.9 Å². The Labute approximate surface area is 439 Å². The number of carbonyl (C=O) groups is 5.